The fraction of sp³-hybridized carbons (Fsp3) is 0.333. The molecule has 2 rings (SSSR count). The van der Waals surface area contributed by atoms with Crippen LogP contribution in [0.3, 0.4) is 0 Å². The second-order valence-corrected chi connectivity index (χ2v) is 3.75. The average molecular weight is 235 g/mol. The van der Waals surface area contributed by atoms with E-state index in [-0.39, 0.29) is 5.56 Å². The second-order valence-electron chi connectivity index (χ2n) is 3.75. The number of pyridine rings is 1. The van der Waals surface area contributed by atoms with Crippen molar-refractivity contribution in [3.05, 3.63) is 48.1 Å². The fourth-order valence-corrected chi connectivity index (χ4v) is 1.76. The summed E-state index contributed by atoms with van der Waals surface area (Å²) in [7, 11) is 0. The number of imidazole rings is 1. The number of hydrogen-bond acceptors (Lipinski definition) is 3. The van der Waals surface area contributed by atoms with E-state index in [1.165, 1.54) is 12.3 Å². The fourth-order valence-electron chi connectivity index (χ4n) is 1.76. The Morgan fingerprint density at radius 1 is 1.47 bits per heavy atom. The molecule has 0 aliphatic heterocycles. The van der Waals surface area contributed by atoms with Crippen LogP contribution in [0.15, 0.2) is 30.9 Å². The summed E-state index contributed by atoms with van der Waals surface area (Å²) in [6.07, 6.45) is 5.48. The summed E-state index contributed by atoms with van der Waals surface area (Å²) in [5, 5.41) is 9.97. The molecule has 1 unspecified atom stereocenters. The normalized spacial score (nSPS) is 12.6. The second kappa shape index (κ2) is 5.05. The highest BCUT2D eigenvalue weighted by molar-refractivity contribution is 5.17. The SMILES string of the molecule is CCn1ccnc1CC(O)c1ccncc1F. The third-order valence-corrected chi connectivity index (χ3v) is 2.68. The molecule has 17 heavy (non-hydrogen) atoms. The Morgan fingerprint density at radius 2 is 2.29 bits per heavy atom. The minimum Gasteiger partial charge on any atom is -0.388 e. The summed E-state index contributed by atoms with van der Waals surface area (Å²) in [4.78, 5) is 7.80. The lowest BCUT2D eigenvalue weighted by atomic mass is 10.1. The summed E-state index contributed by atoms with van der Waals surface area (Å²) in [5.41, 5.74) is 0.255. The van der Waals surface area contributed by atoms with Gasteiger partial charge in [-0.25, -0.2) is 9.37 Å². The van der Waals surface area contributed by atoms with E-state index in [1.54, 1.807) is 6.20 Å². The molecular formula is C12H14FN3O. The number of aliphatic hydroxyl groups excluding tert-OH is 1. The number of rotatable bonds is 4. The first-order valence-corrected chi connectivity index (χ1v) is 5.50. The maximum absolute atomic E-state index is 13.4. The van der Waals surface area contributed by atoms with Crippen molar-refractivity contribution in [3.63, 3.8) is 0 Å². The summed E-state index contributed by atoms with van der Waals surface area (Å²) in [5.74, 6) is 0.255. The van der Waals surface area contributed by atoms with Crippen molar-refractivity contribution in [1.82, 2.24) is 14.5 Å². The molecule has 0 aliphatic rings. The van der Waals surface area contributed by atoms with Gasteiger partial charge in [0.2, 0.25) is 0 Å². The van der Waals surface area contributed by atoms with E-state index in [1.807, 2.05) is 17.7 Å². The van der Waals surface area contributed by atoms with Crippen LogP contribution >= 0.6 is 0 Å². The van der Waals surface area contributed by atoms with Gasteiger partial charge in [0.1, 0.15) is 11.6 Å². The minimum absolute atomic E-state index is 0.255. The van der Waals surface area contributed by atoms with Gasteiger partial charge in [0.25, 0.3) is 0 Å². The zero-order valence-electron chi connectivity index (χ0n) is 9.55. The molecule has 2 aromatic heterocycles. The van der Waals surface area contributed by atoms with Gasteiger partial charge in [0.15, 0.2) is 0 Å². The predicted molar refractivity (Wildman–Crippen MR) is 60.8 cm³/mol. The van der Waals surface area contributed by atoms with Crippen molar-refractivity contribution in [2.45, 2.75) is 26.0 Å². The Morgan fingerprint density at radius 3 is 3.00 bits per heavy atom. The van der Waals surface area contributed by atoms with Crippen LogP contribution in [0.1, 0.15) is 24.4 Å². The van der Waals surface area contributed by atoms with Crippen molar-refractivity contribution in [2.75, 3.05) is 0 Å². The molecule has 0 saturated carbocycles. The molecule has 0 amide bonds. The Kier molecular flexibility index (Phi) is 3.49. The molecule has 0 spiro atoms. The van der Waals surface area contributed by atoms with Crippen LogP contribution in [-0.4, -0.2) is 19.6 Å². The van der Waals surface area contributed by atoms with E-state index in [9.17, 15) is 9.50 Å². The number of hydrogen-bond donors (Lipinski definition) is 1. The van der Waals surface area contributed by atoms with Gasteiger partial charge in [0.05, 0.1) is 12.3 Å². The van der Waals surface area contributed by atoms with Crippen LogP contribution in [-0.2, 0) is 13.0 Å². The van der Waals surface area contributed by atoms with Gasteiger partial charge in [-0.3, -0.25) is 4.98 Å². The summed E-state index contributed by atoms with van der Waals surface area (Å²) in [6, 6.07) is 1.49. The van der Waals surface area contributed by atoms with E-state index >= 15 is 0 Å². The topological polar surface area (TPSA) is 50.9 Å². The lowest BCUT2D eigenvalue weighted by Crippen LogP contribution is -2.09. The quantitative estimate of drug-likeness (QED) is 0.877. The maximum atomic E-state index is 13.4. The highest BCUT2D eigenvalue weighted by Gasteiger charge is 2.15. The third kappa shape index (κ3) is 2.50. The van der Waals surface area contributed by atoms with Crippen molar-refractivity contribution in [3.8, 4) is 0 Å². The third-order valence-electron chi connectivity index (χ3n) is 2.68. The van der Waals surface area contributed by atoms with Gasteiger partial charge in [0, 0.05) is 37.1 Å². The van der Waals surface area contributed by atoms with E-state index in [4.69, 9.17) is 0 Å². The van der Waals surface area contributed by atoms with Gasteiger partial charge in [-0.2, -0.15) is 0 Å². The molecule has 4 nitrogen and oxygen atoms in total. The molecule has 5 heteroatoms. The standard InChI is InChI=1S/C12H14FN3O/c1-2-16-6-5-15-12(16)7-11(17)9-3-4-14-8-10(9)13/h3-6,8,11,17H,2,7H2,1H3. The van der Waals surface area contributed by atoms with E-state index in [2.05, 4.69) is 9.97 Å². The highest BCUT2D eigenvalue weighted by atomic mass is 19.1. The number of nitrogens with zero attached hydrogens (tertiary/aromatic N) is 3. The van der Waals surface area contributed by atoms with Crippen LogP contribution in [0, 0.1) is 5.82 Å². The largest absolute Gasteiger partial charge is 0.388 e. The summed E-state index contributed by atoms with van der Waals surface area (Å²) in [6.45, 7) is 2.77. The zero-order chi connectivity index (χ0) is 12.3. The molecule has 1 atom stereocenters. The molecule has 0 bridgehead atoms. The smallest absolute Gasteiger partial charge is 0.147 e. The first-order valence-electron chi connectivity index (χ1n) is 5.50. The number of halogens is 1. The molecule has 2 heterocycles. The number of aromatic nitrogens is 3. The van der Waals surface area contributed by atoms with Gasteiger partial charge >= 0.3 is 0 Å². The van der Waals surface area contributed by atoms with Crippen molar-refractivity contribution in [1.29, 1.82) is 0 Å². The molecule has 0 fully saturated rings. The van der Waals surface area contributed by atoms with Gasteiger partial charge < -0.3 is 9.67 Å². The molecule has 2 aromatic rings. The van der Waals surface area contributed by atoms with E-state index in [0.29, 0.717) is 6.42 Å². The van der Waals surface area contributed by atoms with Crippen LogP contribution in [0.25, 0.3) is 0 Å². The van der Waals surface area contributed by atoms with Crippen LogP contribution in [0.4, 0.5) is 4.39 Å². The van der Waals surface area contributed by atoms with Crippen molar-refractivity contribution >= 4 is 0 Å². The summed E-state index contributed by atoms with van der Waals surface area (Å²) < 4.78 is 15.3. The molecule has 0 saturated heterocycles. The van der Waals surface area contributed by atoms with Crippen LogP contribution in [0.5, 0.6) is 0 Å². The number of aryl methyl sites for hydroxylation is 1. The van der Waals surface area contributed by atoms with Gasteiger partial charge in [-0.05, 0) is 13.0 Å². The molecular weight excluding hydrogens is 221 g/mol. The molecule has 90 valence electrons. The Bertz CT molecular complexity index is 498. The van der Waals surface area contributed by atoms with Crippen molar-refractivity contribution in [2.24, 2.45) is 0 Å². The van der Waals surface area contributed by atoms with Gasteiger partial charge in [-0.15, -0.1) is 0 Å². The first-order chi connectivity index (χ1) is 8.22. The summed E-state index contributed by atoms with van der Waals surface area (Å²) >= 11 is 0. The minimum atomic E-state index is -0.898. The Balaban J connectivity index is 2.17. The highest BCUT2D eigenvalue weighted by Crippen LogP contribution is 2.19. The molecule has 0 aliphatic carbocycles. The van der Waals surface area contributed by atoms with E-state index in [0.717, 1.165) is 18.6 Å². The molecule has 0 aromatic carbocycles. The van der Waals surface area contributed by atoms with Crippen LogP contribution < -0.4 is 0 Å². The molecule has 1 N–H and O–H groups in total. The Labute approximate surface area is 98.8 Å². The van der Waals surface area contributed by atoms with E-state index < -0.39 is 11.9 Å². The maximum Gasteiger partial charge on any atom is 0.147 e. The average Bonchev–Trinajstić information content (AvgIpc) is 2.76. The zero-order valence-corrected chi connectivity index (χ0v) is 9.55. The number of aliphatic hydroxyl groups is 1. The monoisotopic (exact) mass is 235 g/mol. The Hall–Kier alpha value is -1.75. The van der Waals surface area contributed by atoms with Crippen molar-refractivity contribution < 1.29 is 9.50 Å². The molecule has 0 radical (unpaired) electrons. The lowest BCUT2D eigenvalue weighted by molar-refractivity contribution is 0.169. The predicted octanol–water partition coefficient (Wildman–Crippen LogP) is 1.71. The van der Waals surface area contributed by atoms with Crippen LogP contribution in [0.2, 0.25) is 0 Å². The first kappa shape index (κ1) is 11.7. The van der Waals surface area contributed by atoms with Gasteiger partial charge in [-0.1, -0.05) is 0 Å². The lowest BCUT2D eigenvalue weighted by Gasteiger charge is -2.12.